The fourth-order valence-electron chi connectivity index (χ4n) is 1.65. The van der Waals surface area contributed by atoms with Crippen LogP contribution in [-0.2, 0) is 0 Å². The Labute approximate surface area is 134 Å². The van der Waals surface area contributed by atoms with E-state index in [4.69, 9.17) is 16.7 Å². The molecule has 3 N–H and O–H groups in total. The molecule has 0 atom stereocenters. The van der Waals surface area contributed by atoms with Gasteiger partial charge in [0, 0.05) is 0 Å². The zero-order valence-corrected chi connectivity index (χ0v) is 12.9. The number of hydrogen-bond donors (Lipinski definition) is 3. The minimum atomic E-state index is -1.12. The number of para-hydroxylation sites is 1. The first kappa shape index (κ1) is 15.3. The Morgan fingerprint density at radius 1 is 1.00 bits per heavy atom. The van der Waals surface area contributed by atoms with E-state index in [1.165, 1.54) is 12.1 Å². The first-order valence-corrected chi connectivity index (χ1v) is 7.00. The molecular weight excluding hydrogens is 360 g/mol. The average molecular weight is 370 g/mol. The highest BCUT2D eigenvalue weighted by Gasteiger charge is 2.13. The first-order valence-electron chi connectivity index (χ1n) is 5.83. The van der Waals surface area contributed by atoms with Gasteiger partial charge in [-0.3, -0.25) is 0 Å². The highest BCUT2D eigenvalue weighted by molar-refractivity contribution is 9.10. The normalized spacial score (nSPS) is 10.0. The van der Waals surface area contributed by atoms with Gasteiger partial charge < -0.3 is 15.7 Å². The fourth-order valence-corrected chi connectivity index (χ4v) is 2.19. The van der Waals surface area contributed by atoms with E-state index in [1.807, 2.05) is 0 Å². The molecule has 0 saturated carbocycles. The van der Waals surface area contributed by atoms with Gasteiger partial charge in [-0.15, -0.1) is 0 Å². The quantitative estimate of drug-likeness (QED) is 0.748. The van der Waals surface area contributed by atoms with Crippen LogP contribution >= 0.6 is 27.5 Å². The van der Waals surface area contributed by atoms with Crippen LogP contribution in [0.3, 0.4) is 0 Å². The van der Waals surface area contributed by atoms with E-state index in [0.29, 0.717) is 15.2 Å². The summed E-state index contributed by atoms with van der Waals surface area (Å²) >= 11 is 9.19. The van der Waals surface area contributed by atoms with Crippen LogP contribution in [0.4, 0.5) is 16.2 Å². The largest absolute Gasteiger partial charge is 0.478 e. The molecule has 2 aromatic rings. The monoisotopic (exact) mass is 368 g/mol. The molecule has 2 aromatic carbocycles. The molecule has 0 aliphatic heterocycles. The molecule has 108 valence electrons. The van der Waals surface area contributed by atoms with Crippen LogP contribution in [0.5, 0.6) is 0 Å². The van der Waals surface area contributed by atoms with Crippen LogP contribution in [0.1, 0.15) is 10.4 Å². The molecule has 0 fully saturated rings. The minimum Gasteiger partial charge on any atom is -0.478 e. The van der Waals surface area contributed by atoms with Gasteiger partial charge in [0.1, 0.15) is 0 Å². The minimum absolute atomic E-state index is 0.0119. The number of hydrogen-bond acceptors (Lipinski definition) is 2. The standard InChI is InChI=1S/C14H10BrClN2O3/c15-12-9(16)5-3-7-11(12)18-14(21)17-10-6-2-1-4-8(10)13(19)20/h1-7H,(H,19,20)(H2,17,18,21). The number of aromatic carboxylic acids is 1. The van der Waals surface area contributed by atoms with E-state index in [-0.39, 0.29) is 11.3 Å². The second-order valence-corrected chi connectivity index (χ2v) is 5.23. The third-order valence-electron chi connectivity index (χ3n) is 2.61. The molecule has 2 rings (SSSR count). The van der Waals surface area contributed by atoms with Crippen molar-refractivity contribution in [2.24, 2.45) is 0 Å². The summed E-state index contributed by atoms with van der Waals surface area (Å²) in [6.07, 6.45) is 0. The van der Waals surface area contributed by atoms with Crippen LogP contribution in [0, 0.1) is 0 Å². The number of anilines is 2. The van der Waals surface area contributed by atoms with Crippen LogP contribution in [0.2, 0.25) is 5.02 Å². The van der Waals surface area contributed by atoms with Gasteiger partial charge in [0.15, 0.2) is 0 Å². The summed E-state index contributed by atoms with van der Waals surface area (Å²) in [5.74, 6) is -1.12. The molecule has 5 nitrogen and oxygen atoms in total. The molecular formula is C14H10BrClN2O3. The van der Waals surface area contributed by atoms with Crippen LogP contribution in [0.15, 0.2) is 46.9 Å². The van der Waals surface area contributed by atoms with E-state index in [2.05, 4.69) is 26.6 Å². The summed E-state index contributed by atoms with van der Waals surface area (Å²) in [5.41, 5.74) is 0.700. The lowest BCUT2D eigenvalue weighted by Crippen LogP contribution is -2.21. The molecule has 7 heteroatoms. The summed E-state index contributed by atoms with van der Waals surface area (Å²) in [6.45, 7) is 0. The Morgan fingerprint density at radius 2 is 1.62 bits per heavy atom. The lowest BCUT2D eigenvalue weighted by Gasteiger charge is -2.11. The highest BCUT2D eigenvalue weighted by atomic mass is 79.9. The Morgan fingerprint density at radius 3 is 2.33 bits per heavy atom. The van der Waals surface area contributed by atoms with Gasteiger partial charge in [-0.25, -0.2) is 9.59 Å². The highest BCUT2D eigenvalue weighted by Crippen LogP contribution is 2.30. The number of benzene rings is 2. The number of carbonyl (C=O) groups is 2. The fraction of sp³-hybridized carbons (Fsp3) is 0. The van der Waals surface area contributed by atoms with E-state index in [0.717, 1.165) is 0 Å². The second-order valence-electron chi connectivity index (χ2n) is 4.03. The van der Waals surface area contributed by atoms with Crippen molar-refractivity contribution in [2.45, 2.75) is 0 Å². The predicted molar refractivity (Wildman–Crippen MR) is 85.2 cm³/mol. The summed E-state index contributed by atoms with van der Waals surface area (Å²) in [6, 6.07) is 10.6. The Balaban J connectivity index is 2.16. The number of carboxylic acid groups (broad SMARTS) is 1. The maximum absolute atomic E-state index is 11.9. The number of carboxylic acids is 1. The number of urea groups is 1. The third kappa shape index (κ3) is 3.74. The van der Waals surface area contributed by atoms with Gasteiger partial charge in [-0.1, -0.05) is 29.8 Å². The zero-order chi connectivity index (χ0) is 15.4. The molecule has 0 spiro atoms. The van der Waals surface area contributed by atoms with Crippen molar-refractivity contribution < 1.29 is 14.7 Å². The molecule has 0 bridgehead atoms. The molecule has 0 saturated heterocycles. The lowest BCUT2D eigenvalue weighted by atomic mass is 10.2. The molecule has 2 amide bonds. The summed E-state index contributed by atoms with van der Waals surface area (Å²) in [7, 11) is 0. The van der Waals surface area contributed by atoms with E-state index in [1.54, 1.807) is 30.3 Å². The Hall–Kier alpha value is -2.05. The molecule has 0 aliphatic rings. The Bertz CT molecular complexity index is 706. The van der Waals surface area contributed by atoms with Gasteiger partial charge >= 0.3 is 12.0 Å². The molecule has 21 heavy (non-hydrogen) atoms. The smallest absolute Gasteiger partial charge is 0.337 e. The molecule has 0 aliphatic carbocycles. The summed E-state index contributed by atoms with van der Waals surface area (Å²) in [5, 5.41) is 14.6. The van der Waals surface area contributed by atoms with Crippen molar-refractivity contribution in [3.05, 3.63) is 57.5 Å². The van der Waals surface area contributed by atoms with Crippen LogP contribution < -0.4 is 10.6 Å². The number of carbonyl (C=O) groups excluding carboxylic acids is 1. The van der Waals surface area contributed by atoms with Gasteiger partial charge in [0.25, 0.3) is 0 Å². The van der Waals surface area contributed by atoms with Crippen molar-refractivity contribution in [1.29, 1.82) is 0 Å². The maximum Gasteiger partial charge on any atom is 0.337 e. The zero-order valence-electron chi connectivity index (χ0n) is 10.6. The summed E-state index contributed by atoms with van der Waals surface area (Å²) in [4.78, 5) is 23.0. The molecule has 0 radical (unpaired) electrons. The van der Waals surface area contributed by atoms with Gasteiger partial charge in [0.05, 0.1) is 26.4 Å². The van der Waals surface area contributed by atoms with Crippen molar-refractivity contribution in [1.82, 2.24) is 0 Å². The average Bonchev–Trinajstić information content (AvgIpc) is 2.44. The van der Waals surface area contributed by atoms with E-state index >= 15 is 0 Å². The Kier molecular flexibility index (Phi) is 4.82. The number of halogens is 2. The van der Waals surface area contributed by atoms with Crippen molar-refractivity contribution in [3.8, 4) is 0 Å². The lowest BCUT2D eigenvalue weighted by molar-refractivity contribution is 0.0698. The van der Waals surface area contributed by atoms with Crippen molar-refractivity contribution >= 4 is 50.9 Å². The predicted octanol–water partition coefficient (Wildman–Crippen LogP) is 4.44. The first-order chi connectivity index (χ1) is 9.99. The third-order valence-corrected chi connectivity index (χ3v) is 4.00. The van der Waals surface area contributed by atoms with Crippen LogP contribution in [0.25, 0.3) is 0 Å². The van der Waals surface area contributed by atoms with Gasteiger partial charge in [-0.2, -0.15) is 0 Å². The molecule has 0 aromatic heterocycles. The van der Waals surface area contributed by atoms with Gasteiger partial charge in [-0.05, 0) is 40.2 Å². The van der Waals surface area contributed by atoms with Crippen molar-refractivity contribution in [2.75, 3.05) is 10.6 Å². The molecule has 0 unspecified atom stereocenters. The second kappa shape index (κ2) is 6.60. The van der Waals surface area contributed by atoms with Gasteiger partial charge in [0.2, 0.25) is 0 Å². The van der Waals surface area contributed by atoms with E-state index < -0.39 is 12.0 Å². The van der Waals surface area contributed by atoms with E-state index in [9.17, 15) is 9.59 Å². The molecule has 0 heterocycles. The number of rotatable bonds is 3. The summed E-state index contributed by atoms with van der Waals surface area (Å²) < 4.78 is 0.549. The number of nitrogens with one attached hydrogen (secondary N) is 2. The topological polar surface area (TPSA) is 78.4 Å². The SMILES string of the molecule is O=C(Nc1ccccc1C(=O)O)Nc1cccc(Cl)c1Br. The number of amides is 2. The van der Waals surface area contributed by atoms with Crippen LogP contribution in [-0.4, -0.2) is 17.1 Å². The maximum atomic E-state index is 11.9. The van der Waals surface area contributed by atoms with Crippen molar-refractivity contribution in [3.63, 3.8) is 0 Å².